The van der Waals surface area contributed by atoms with Crippen molar-refractivity contribution in [3.05, 3.63) is 77.4 Å². The molecule has 7 nitrogen and oxygen atoms in total. The summed E-state index contributed by atoms with van der Waals surface area (Å²) in [5, 5.41) is 2.48. The monoisotopic (exact) mass is 533 g/mol. The molecule has 5 rings (SSSR count). The summed E-state index contributed by atoms with van der Waals surface area (Å²) in [5.74, 6) is 0.207. The zero-order valence-electron chi connectivity index (χ0n) is 23.0. The molecular weight excluding hydrogens is 494 g/mol. The molecule has 3 aromatic rings. The van der Waals surface area contributed by atoms with Crippen molar-refractivity contribution in [2.75, 3.05) is 32.9 Å². The van der Waals surface area contributed by atoms with Crippen molar-refractivity contribution in [3.63, 3.8) is 0 Å². The molecule has 0 radical (unpaired) electrons. The van der Waals surface area contributed by atoms with Crippen LogP contribution in [0.5, 0.6) is 5.75 Å². The highest BCUT2D eigenvalue weighted by Crippen LogP contribution is 2.35. The number of hydrogen-bond acceptors (Lipinski definition) is 6. The second-order valence-corrected chi connectivity index (χ2v) is 10.7. The molecule has 2 aliphatic heterocycles. The Bertz CT molecular complexity index is 1250. The summed E-state index contributed by atoms with van der Waals surface area (Å²) in [6, 6.07) is 20.6. The number of carbonyl (C=O) groups excluding carboxylic acids is 1. The molecule has 2 heterocycles. The number of fused-ring (bicyclic) bond motifs is 2. The van der Waals surface area contributed by atoms with Crippen molar-refractivity contribution in [1.82, 2.24) is 4.90 Å². The molecule has 0 saturated carbocycles. The zero-order valence-corrected chi connectivity index (χ0v) is 23.0. The molecule has 0 unspecified atom stereocenters. The maximum Gasteiger partial charge on any atom is 0.410 e. The van der Waals surface area contributed by atoms with Gasteiger partial charge < -0.3 is 28.6 Å². The van der Waals surface area contributed by atoms with Crippen LogP contribution in [0.15, 0.2) is 60.7 Å². The Hall–Kier alpha value is -3.13. The van der Waals surface area contributed by atoms with E-state index in [2.05, 4.69) is 42.5 Å². The maximum atomic E-state index is 12.4. The smallest absolute Gasteiger partial charge is 0.410 e. The third-order valence-corrected chi connectivity index (χ3v) is 7.25. The van der Waals surface area contributed by atoms with Gasteiger partial charge in [-0.15, -0.1) is 0 Å². The topological polar surface area (TPSA) is 66.5 Å². The zero-order chi connectivity index (χ0) is 27.1. The predicted molar refractivity (Wildman–Crippen MR) is 150 cm³/mol. The number of hydrogen-bond donors (Lipinski definition) is 0. The number of nitrogens with zero attached hydrogens (tertiary/aromatic N) is 1. The first-order chi connectivity index (χ1) is 19.0. The van der Waals surface area contributed by atoms with Gasteiger partial charge in [0.25, 0.3) is 0 Å². The van der Waals surface area contributed by atoms with Gasteiger partial charge in [-0.05, 0) is 46.9 Å². The molecule has 0 N–H and O–H groups in total. The van der Waals surface area contributed by atoms with Crippen molar-refractivity contribution >= 4 is 16.9 Å². The highest BCUT2D eigenvalue weighted by molar-refractivity contribution is 5.85. The molecule has 0 bridgehead atoms. The van der Waals surface area contributed by atoms with Gasteiger partial charge in [0.1, 0.15) is 11.9 Å². The van der Waals surface area contributed by atoms with Crippen LogP contribution in [0.25, 0.3) is 10.8 Å². The van der Waals surface area contributed by atoms with E-state index in [-0.39, 0.29) is 12.2 Å². The molecule has 3 aromatic carbocycles. The summed E-state index contributed by atoms with van der Waals surface area (Å²) in [5.41, 5.74) is 3.17. The molecular formula is C32H39NO6. The number of benzene rings is 3. The van der Waals surface area contributed by atoms with Crippen LogP contribution in [0.4, 0.5) is 4.79 Å². The lowest BCUT2D eigenvalue weighted by Gasteiger charge is -2.32. The highest BCUT2D eigenvalue weighted by Gasteiger charge is 2.33. The molecule has 39 heavy (non-hydrogen) atoms. The van der Waals surface area contributed by atoms with E-state index in [1.54, 1.807) is 0 Å². The molecule has 0 spiro atoms. The summed E-state index contributed by atoms with van der Waals surface area (Å²) in [6.07, 6.45) is 3.60. The molecule has 208 valence electrons. The third kappa shape index (κ3) is 7.29. The van der Waals surface area contributed by atoms with Gasteiger partial charge in [0.15, 0.2) is 0 Å². The van der Waals surface area contributed by atoms with E-state index in [1.807, 2.05) is 36.9 Å². The largest absolute Gasteiger partial charge is 0.463 e. The lowest BCUT2D eigenvalue weighted by Crippen LogP contribution is -2.35. The van der Waals surface area contributed by atoms with Crippen molar-refractivity contribution in [2.24, 2.45) is 0 Å². The Morgan fingerprint density at radius 1 is 0.923 bits per heavy atom. The molecule has 2 aliphatic rings. The Labute approximate surface area is 230 Å². The number of cyclic esters (lactones) is 1. The first-order valence-electron chi connectivity index (χ1n) is 14.0. The SMILES string of the molecule is CC1(C)OCc2cc([C@@H]3CN(CCCCCCOCCOCc4cccc5ccccc45)C(=O)O3)ccc2O1. The minimum absolute atomic E-state index is 0.238. The quantitative estimate of drug-likeness (QED) is 0.226. The number of unbranched alkanes of at least 4 members (excludes halogenated alkanes) is 3. The second kappa shape index (κ2) is 12.8. The summed E-state index contributed by atoms with van der Waals surface area (Å²) in [4.78, 5) is 14.2. The Morgan fingerprint density at radius 3 is 2.67 bits per heavy atom. The lowest BCUT2D eigenvalue weighted by atomic mass is 10.0. The second-order valence-electron chi connectivity index (χ2n) is 10.7. The van der Waals surface area contributed by atoms with E-state index in [1.165, 1.54) is 16.3 Å². The van der Waals surface area contributed by atoms with E-state index in [9.17, 15) is 4.79 Å². The van der Waals surface area contributed by atoms with Crippen LogP contribution in [0.2, 0.25) is 0 Å². The number of rotatable bonds is 13. The van der Waals surface area contributed by atoms with Crippen molar-refractivity contribution < 1.29 is 28.5 Å². The maximum absolute atomic E-state index is 12.4. The van der Waals surface area contributed by atoms with E-state index >= 15 is 0 Å². The molecule has 1 amide bonds. The fourth-order valence-electron chi connectivity index (χ4n) is 5.10. The Kier molecular flexibility index (Phi) is 9.02. The minimum Gasteiger partial charge on any atom is -0.463 e. The van der Waals surface area contributed by atoms with Gasteiger partial charge in [-0.25, -0.2) is 4.79 Å². The summed E-state index contributed by atoms with van der Waals surface area (Å²) in [7, 11) is 0. The van der Waals surface area contributed by atoms with Crippen LogP contribution >= 0.6 is 0 Å². The van der Waals surface area contributed by atoms with Crippen molar-refractivity contribution in [1.29, 1.82) is 0 Å². The minimum atomic E-state index is -0.621. The lowest BCUT2D eigenvalue weighted by molar-refractivity contribution is -0.180. The number of ether oxygens (including phenoxy) is 5. The highest BCUT2D eigenvalue weighted by atomic mass is 16.7. The number of carbonyl (C=O) groups is 1. The van der Waals surface area contributed by atoms with Gasteiger partial charge in [-0.2, -0.15) is 0 Å². The van der Waals surface area contributed by atoms with Gasteiger partial charge in [0, 0.05) is 32.6 Å². The van der Waals surface area contributed by atoms with Gasteiger partial charge in [-0.3, -0.25) is 0 Å². The van der Waals surface area contributed by atoms with Crippen molar-refractivity contribution in [2.45, 2.75) is 64.6 Å². The van der Waals surface area contributed by atoms with Crippen LogP contribution in [-0.4, -0.2) is 49.7 Å². The van der Waals surface area contributed by atoms with Crippen LogP contribution < -0.4 is 4.74 Å². The Balaban J connectivity index is 0.919. The molecule has 1 atom stereocenters. The number of amides is 1. The summed E-state index contributed by atoms with van der Waals surface area (Å²) >= 11 is 0. The van der Waals surface area contributed by atoms with Crippen LogP contribution in [0.1, 0.15) is 62.3 Å². The van der Waals surface area contributed by atoms with E-state index in [4.69, 9.17) is 23.7 Å². The molecule has 1 saturated heterocycles. The average molecular weight is 534 g/mol. The Morgan fingerprint density at radius 2 is 1.74 bits per heavy atom. The van der Waals surface area contributed by atoms with Gasteiger partial charge >= 0.3 is 6.09 Å². The molecule has 0 aliphatic carbocycles. The van der Waals surface area contributed by atoms with Crippen molar-refractivity contribution in [3.8, 4) is 5.75 Å². The van der Waals surface area contributed by atoms with Crippen LogP contribution in [0, 0.1) is 0 Å². The average Bonchev–Trinajstić information content (AvgIpc) is 3.31. The van der Waals surface area contributed by atoms with Crippen LogP contribution in [-0.2, 0) is 32.2 Å². The molecule has 7 heteroatoms. The standard InChI is InChI=1S/C32H39NO6/c1-32(2)37-23-27-20-25(14-15-29(27)39-32)30-21-33(31(34)38-30)16-7-3-4-8-17-35-18-19-36-22-26-12-9-11-24-10-5-6-13-28(24)26/h5-6,9-15,20,30H,3-4,7-8,16-19,21-23H2,1-2H3/t30-/m0/s1. The van der Waals surface area contributed by atoms with Gasteiger partial charge in [-0.1, -0.05) is 61.4 Å². The fourth-order valence-corrected chi connectivity index (χ4v) is 5.10. The van der Waals surface area contributed by atoms with E-state index in [0.29, 0.717) is 39.5 Å². The predicted octanol–water partition coefficient (Wildman–Crippen LogP) is 6.77. The summed E-state index contributed by atoms with van der Waals surface area (Å²) < 4.78 is 28.8. The molecule has 1 fully saturated rings. The molecule has 0 aromatic heterocycles. The van der Waals surface area contributed by atoms with E-state index in [0.717, 1.165) is 49.2 Å². The first-order valence-corrected chi connectivity index (χ1v) is 14.0. The van der Waals surface area contributed by atoms with Gasteiger partial charge in [0.2, 0.25) is 5.79 Å². The summed E-state index contributed by atoms with van der Waals surface area (Å²) in [6.45, 7) is 8.09. The van der Waals surface area contributed by atoms with Gasteiger partial charge in [0.05, 0.1) is 33.0 Å². The third-order valence-electron chi connectivity index (χ3n) is 7.25. The normalized spacial score (nSPS) is 18.2. The fraction of sp³-hybridized carbons (Fsp3) is 0.469. The van der Waals surface area contributed by atoms with Crippen LogP contribution in [0.3, 0.4) is 0 Å². The first kappa shape index (κ1) is 27.4. The van der Waals surface area contributed by atoms with E-state index < -0.39 is 5.79 Å².